The largest absolute Gasteiger partial charge is 0.296 e. The van der Waals surface area contributed by atoms with Crippen molar-refractivity contribution in [3.8, 4) is 0 Å². The zero-order valence-corrected chi connectivity index (χ0v) is 17.8. The number of rotatable bonds is 6. The number of hydrogen-bond acceptors (Lipinski definition) is 1. The van der Waals surface area contributed by atoms with Gasteiger partial charge >= 0.3 is 0 Å². The van der Waals surface area contributed by atoms with Gasteiger partial charge in [-0.3, -0.25) is 4.57 Å². The maximum Gasteiger partial charge on any atom is 0.208 e. The molecule has 0 heterocycles. The number of benzene rings is 4. The fourth-order valence-corrected chi connectivity index (χ4v) is 10.3. The van der Waals surface area contributed by atoms with Crippen molar-refractivity contribution in [3.05, 3.63) is 121 Å². The molecular weight excluding hydrogens is 392 g/mol. The molecule has 1 N–H and O–H groups in total. The number of hydrogen-bond donors (Lipinski definition) is 1. The molecule has 0 atom stereocenters. The summed E-state index contributed by atoms with van der Waals surface area (Å²) in [5.41, 5.74) is 0. The van der Waals surface area contributed by atoms with E-state index < -0.39 is 14.3 Å². The van der Waals surface area contributed by atoms with Crippen LogP contribution in [0, 0.1) is 0 Å². The Hall–Kier alpha value is -2.63. The highest BCUT2D eigenvalue weighted by molar-refractivity contribution is 7.95. The molecule has 0 unspecified atom stereocenters. The van der Waals surface area contributed by atoms with Crippen molar-refractivity contribution in [3.63, 3.8) is 0 Å². The zero-order valence-electron chi connectivity index (χ0n) is 16.1. The second-order valence-electron chi connectivity index (χ2n) is 6.86. The second-order valence-corrected chi connectivity index (χ2v) is 12.6. The van der Waals surface area contributed by atoms with Gasteiger partial charge < -0.3 is 0 Å². The van der Waals surface area contributed by atoms with Gasteiger partial charge in [0.05, 0.1) is 0 Å². The predicted molar refractivity (Wildman–Crippen MR) is 129 cm³/mol. The minimum absolute atomic E-state index is 0.783. The first-order valence-corrected chi connectivity index (χ1v) is 13.2. The zero-order chi connectivity index (χ0) is 20.2. The van der Waals surface area contributed by atoms with Crippen LogP contribution in [0.1, 0.15) is 0 Å². The molecule has 0 aliphatic rings. The Kier molecular flexibility index (Phi) is 5.69. The van der Waals surface area contributed by atoms with Gasteiger partial charge in [-0.1, -0.05) is 103 Å². The van der Waals surface area contributed by atoms with Crippen LogP contribution in [0.2, 0.25) is 0 Å². The average molecular weight is 415 g/mol. The van der Waals surface area contributed by atoms with Gasteiger partial charge in [0.2, 0.25) is 7.29 Å². The Labute approximate surface area is 172 Å². The molecule has 0 radical (unpaired) electrons. The topological polar surface area (TPSA) is 29.1 Å². The lowest BCUT2D eigenvalue weighted by molar-refractivity contribution is 0.586. The minimum Gasteiger partial charge on any atom is -0.296 e. The smallest absolute Gasteiger partial charge is 0.208 e. The SMILES string of the molecule is C=P(NP(=O)(c1ccccc1)c1ccccc1)(c1ccccc1)c1ccccc1. The van der Waals surface area contributed by atoms with E-state index in [1.165, 1.54) is 0 Å². The highest BCUT2D eigenvalue weighted by Crippen LogP contribution is 2.52. The van der Waals surface area contributed by atoms with Crippen molar-refractivity contribution in [2.24, 2.45) is 0 Å². The molecule has 4 aromatic rings. The lowest BCUT2D eigenvalue weighted by atomic mass is 10.4. The van der Waals surface area contributed by atoms with E-state index in [0.717, 1.165) is 21.2 Å². The van der Waals surface area contributed by atoms with E-state index in [9.17, 15) is 4.57 Å². The maximum atomic E-state index is 14.7. The van der Waals surface area contributed by atoms with E-state index in [-0.39, 0.29) is 0 Å². The summed E-state index contributed by atoms with van der Waals surface area (Å²) < 4.78 is 14.7. The van der Waals surface area contributed by atoms with Gasteiger partial charge in [0.25, 0.3) is 0 Å². The fraction of sp³-hybridized carbons (Fsp3) is 0. The van der Waals surface area contributed by atoms with Crippen molar-refractivity contribution in [1.82, 2.24) is 4.86 Å². The monoisotopic (exact) mass is 415 g/mol. The van der Waals surface area contributed by atoms with Crippen molar-refractivity contribution < 1.29 is 4.57 Å². The second kappa shape index (κ2) is 8.39. The molecule has 29 heavy (non-hydrogen) atoms. The molecular formula is C25H23NOP2. The van der Waals surface area contributed by atoms with Gasteiger partial charge in [0.15, 0.2) is 0 Å². The van der Waals surface area contributed by atoms with Gasteiger partial charge in [0.1, 0.15) is 0 Å². The highest BCUT2D eigenvalue weighted by Gasteiger charge is 2.33. The molecule has 0 fully saturated rings. The average Bonchev–Trinajstić information content (AvgIpc) is 2.81. The molecule has 4 heteroatoms. The molecule has 0 saturated carbocycles. The van der Waals surface area contributed by atoms with Crippen molar-refractivity contribution in [2.75, 3.05) is 0 Å². The molecule has 4 aromatic carbocycles. The van der Waals surface area contributed by atoms with E-state index in [1.54, 1.807) is 0 Å². The third-order valence-electron chi connectivity index (χ3n) is 4.95. The van der Waals surface area contributed by atoms with Gasteiger partial charge in [-0.25, -0.2) is 4.86 Å². The third kappa shape index (κ3) is 3.93. The standard InChI is InChI=1S/C25H23NOP2/c1-28(22-14-6-2-7-15-22,23-16-8-3-9-17-23)26-29(27,24-18-10-4-11-19-24)25-20-12-5-13-21-25/h2-21H,1H2,(H,26,27). The van der Waals surface area contributed by atoms with Crippen molar-refractivity contribution >= 4 is 41.8 Å². The summed E-state index contributed by atoms with van der Waals surface area (Å²) in [6, 6.07) is 39.6. The summed E-state index contributed by atoms with van der Waals surface area (Å²) in [6.45, 7) is 0. The molecule has 0 bridgehead atoms. The summed E-state index contributed by atoms with van der Waals surface area (Å²) in [5.74, 6) is 0. The Morgan fingerprint density at radius 3 is 1.07 bits per heavy atom. The third-order valence-corrected chi connectivity index (χ3v) is 11.8. The van der Waals surface area contributed by atoms with Crippen LogP contribution in [0.3, 0.4) is 0 Å². The minimum atomic E-state index is -3.14. The van der Waals surface area contributed by atoms with E-state index in [2.05, 4.69) is 35.4 Å². The maximum absolute atomic E-state index is 14.7. The molecule has 2 nitrogen and oxygen atoms in total. The van der Waals surface area contributed by atoms with E-state index in [1.807, 2.05) is 97.1 Å². The Balaban J connectivity index is 1.93. The molecule has 0 amide bonds. The van der Waals surface area contributed by atoms with Crippen LogP contribution in [0.4, 0.5) is 0 Å². The molecule has 144 valence electrons. The molecule has 4 rings (SSSR count). The quantitative estimate of drug-likeness (QED) is 0.469. The van der Waals surface area contributed by atoms with Gasteiger partial charge in [0, 0.05) is 17.6 Å². The van der Waals surface area contributed by atoms with E-state index in [4.69, 9.17) is 0 Å². The lowest BCUT2D eigenvalue weighted by Crippen LogP contribution is -2.33. The van der Waals surface area contributed by atoms with Gasteiger partial charge in [-0.2, -0.15) is 0 Å². The van der Waals surface area contributed by atoms with Crippen molar-refractivity contribution in [1.29, 1.82) is 0 Å². The first-order chi connectivity index (χ1) is 14.1. The van der Waals surface area contributed by atoms with Crippen LogP contribution in [0.5, 0.6) is 0 Å². The van der Waals surface area contributed by atoms with Crippen LogP contribution in [0.15, 0.2) is 121 Å². The first-order valence-electron chi connectivity index (χ1n) is 9.48. The van der Waals surface area contributed by atoms with E-state index in [0.29, 0.717) is 0 Å². The summed E-state index contributed by atoms with van der Waals surface area (Å²) in [7, 11) is -5.53. The molecule has 0 saturated heterocycles. The van der Waals surface area contributed by atoms with Crippen LogP contribution < -0.4 is 26.1 Å². The molecule has 0 aliphatic carbocycles. The highest BCUT2D eigenvalue weighted by atomic mass is 31.2. The molecule has 0 spiro atoms. The lowest BCUT2D eigenvalue weighted by Gasteiger charge is -2.32. The number of nitrogens with one attached hydrogen (secondary N) is 1. The summed E-state index contributed by atoms with van der Waals surface area (Å²) in [5, 5.41) is 3.70. The van der Waals surface area contributed by atoms with E-state index >= 15 is 0 Å². The Bertz CT molecular complexity index is 979. The van der Waals surface area contributed by atoms with Crippen LogP contribution in [0.25, 0.3) is 0 Å². The van der Waals surface area contributed by atoms with Crippen LogP contribution in [-0.2, 0) is 4.57 Å². The normalized spacial score (nSPS) is 11.9. The van der Waals surface area contributed by atoms with Gasteiger partial charge in [-0.05, 0) is 34.9 Å². The van der Waals surface area contributed by atoms with Gasteiger partial charge in [-0.15, -0.1) is 0 Å². The summed E-state index contributed by atoms with van der Waals surface area (Å²) in [6.07, 6.45) is 4.67. The van der Waals surface area contributed by atoms with Crippen LogP contribution >= 0.6 is 14.3 Å². The van der Waals surface area contributed by atoms with Crippen molar-refractivity contribution in [2.45, 2.75) is 0 Å². The predicted octanol–water partition coefficient (Wildman–Crippen LogP) is 4.52. The molecule has 0 aliphatic heterocycles. The first kappa shape index (κ1) is 19.7. The summed E-state index contributed by atoms with van der Waals surface area (Å²) in [4.78, 5) is 3.63. The Morgan fingerprint density at radius 1 is 0.483 bits per heavy atom. The van der Waals surface area contributed by atoms with Crippen LogP contribution in [-0.4, -0.2) is 6.30 Å². The molecule has 0 aromatic heterocycles. The fourth-order valence-electron chi connectivity index (χ4n) is 3.41. The Morgan fingerprint density at radius 2 is 0.759 bits per heavy atom. The summed E-state index contributed by atoms with van der Waals surface area (Å²) >= 11 is 0.